The average molecular weight is 613 g/mol. The average Bonchev–Trinajstić information content (AvgIpc) is 3.28. The molecule has 4 aromatic rings. The minimum absolute atomic E-state index is 0.0398. The predicted octanol–water partition coefficient (Wildman–Crippen LogP) is 6.03. The number of aromatic nitrogens is 4. The number of amides is 1. The van der Waals surface area contributed by atoms with Crippen LogP contribution in [-0.2, 0) is 26.3 Å². The third-order valence-electron chi connectivity index (χ3n) is 9.11. The Kier molecular flexibility index (Phi) is 7.08. The summed E-state index contributed by atoms with van der Waals surface area (Å²) in [6, 6.07) is 16.0. The molecule has 1 aliphatic carbocycles. The highest BCUT2D eigenvalue weighted by molar-refractivity contribution is 6.10. The molecule has 230 valence electrons. The maximum Gasteiger partial charge on any atom is 0.416 e. The minimum Gasteiger partial charge on any atom is -0.369 e. The van der Waals surface area contributed by atoms with Crippen LogP contribution in [0.1, 0.15) is 52.7 Å². The lowest BCUT2D eigenvalue weighted by Crippen LogP contribution is -2.24. The molecule has 1 N–H and O–H groups in total. The molecular formula is C33H31F3N8O. The summed E-state index contributed by atoms with van der Waals surface area (Å²) in [5, 5.41) is 20.4. The standard InChI is InChI=1S/C33H31F3N8O/c1-42-20-39-41-30(42)24-6-3-2-5-23(24)22-15-28(38-11-4-10-37)40-29(16-22)44-18-26-25(31(44)45)13-21(14-27(26)33(34,35)36)17-43-12-9-32(19-43)7-8-32/h2-3,5-6,13-16,20H,4,7-9,11-12,17-19H2,1H3,(H,38,40). The fraction of sp³-hybridized carbons (Fsp3) is 0.364. The van der Waals surface area contributed by atoms with Crippen molar-refractivity contribution in [1.29, 1.82) is 5.26 Å². The van der Waals surface area contributed by atoms with Crippen LogP contribution < -0.4 is 10.2 Å². The van der Waals surface area contributed by atoms with Gasteiger partial charge in [0, 0.05) is 37.8 Å². The van der Waals surface area contributed by atoms with Crippen LogP contribution in [0.25, 0.3) is 22.5 Å². The minimum atomic E-state index is -4.62. The molecule has 2 aliphatic heterocycles. The molecule has 2 fully saturated rings. The van der Waals surface area contributed by atoms with Crippen molar-refractivity contribution in [3.63, 3.8) is 0 Å². The Hall–Kier alpha value is -4.76. The van der Waals surface area contributed by atoms with Gasteiger partial charge in [0.25, 0.3) is 5.91 Å². The van der Waals surface area contributed by atoms with Crippen LogP contribution in [0.5, 0.6) is 0 Å². The number of pyridine rings is 1. The summed E-state index contributed by atoms with van der Waals surface area (Å²) >= 11 is 0. The molecule has 2 aromatic heterocycles. The van der Waals surface area contributed by atoms with Gasteiger partial charge in [0.15, 0.2) is 5.82 Å². The van der Waals surface area contributed by atoms with Crippen molar-refractivity contribution < 1.29 is 18.0 Å². The number of nitriles is 1. The van der Waals surface area contributed by atoms with Crippen molar-refractivity contribution in [2.45, 2.75) is 44.9 Å². The summed E-state index contributed by atoms with van der Waals surface area (Å²) < 4.78 is 45.1. The summed E-state index contributed by atoms with van der Waals surface area (Å²) in [5.41, 5.74) is 2.33. The Morgan fingerprint density at radius 2 is 1.87 bits per heavy atom. The first kappa shape index (κ1) is 29.0. The highest BCUT2D eigenvalue weighted by atomic mass is 19.4. The van der Waals surface area contributed by atoms with Gasteiger partial charge in [-0.15, -0.1) is 10.2 Å². The van der Waals surface area contributed by atoms with Crippen molar-refractivity contribution in [2.24, 2.45) is 12.5 Å². The van der Waals surface area contributed by atoms with E-state index in [9.17, 15) is 18.0 Å². The van der Waals surface area contributed by atoms with Crippen LogP contribution in [0, 0.1) is 16.7 Å². The second-order valence-electron chi connectivity index (χ2n) is 12.3. The first-order chi connectivity index (χ1) is 21.6. The van der Waals surface area contributed by atoms with Crippen molar-refractivity contribution in [1.82, 2.24) is 24.6 Å². The van der Waals surface area contributed by atoms with Gasteiger partial charge < -0.3 is 9.88 Å². The van der Waals surface area contributed by atoms with E-state index in [1.54, 1.807) is 29.1 Å². The maximum atomic E-state index is 14.5. The molecule has 9 nitrogen and oxygen atoms in total. The number of fused-ring (bicyclic) bond motifs is 1. The van der Waals surface area contributed by atoms with Crippen LogP contribution in [-0.4, -0.2) is 50.2 Å². The Labute approximate surface area is 258 Å². The zero-order valence-electron chi connectivity index (χ0n) is 24.7. The topological polar surface area (TPSA) is 103 Å². The Balaban J connectivity index is 1.27. The van der Waals surface area contributed by atoms with E-state index in [1.807, 2.05) is 31.3 Å². The Morgan fingerprint density at radius 1 is 1.07 bits per heavy atom. The van der Waals surface area contributed by atoms with E-state index in [1.165, 1.54) is 23.8 Å². The molecule has 2 aromatic carbocycles. The number of rotatable bonds is 8. The third kappa shape index (κ3) is 5.53. The zero-order chi connectivity index (χ0) is 31.3. The molecule has 1 saturated carbocycles. The Morgan fingerprint density at radius 3 is 2.56 bits per heavy atom. The molecule has 0 unspecified atom stereocenters. The number of alkyl halides is 3. The molecular weight excluding hydrogens is 581 g/mol. The molecule has 0 atom stereocenters. The summed E-state index contributed by atoms with van der Waals surface area (Å²) in [6.07, 6.45) is 0.631. The molecule has 12 heteroatoms. The van der Waals surface area contributed by atoms with E-state index in [2.05, 4.69) is 31.5 Å². The smallest absolute Gasteiger partial charge is 0.369 e. The third-order valence-corrected chi connectivity index (χ3v) is 9.11. The van der Waals surface area contributed by atoms with Gasteiger partial charge in [-0.3, -0.25) is 14.6 Å². The molecule has 4 heterocycles. The van der Waals surface area contributed by atoms with Gasteiger partial charge in [0.05, 0.1) is 24.6 Å². The lowest BCUT2D eigenvalue weighted by molar-refractivity contribution is -0.138. The molecule has 0 radical (unpaired) electrons. The summed E-state index contributed by atoms with van der Waals surface area (Å²) in [4.78, 5) is 22.1. The number of hydrogen-bond donors (Lipinski definition) is 1. The number of nitrogens with zero attached hydrogens (tertiary/aromatic N) is 7. The number of anilines is 2. The monoisotopic (exact) mass is 612 g/mol. The number of carbonyl (C=O) groups is 1. The molecule has 3 aliphatic rings. The van der Waals surface area contributed by atoms with Gasteiger partial charge in [0.2, 0.25) is 0 Å². The van der Waals surface area contributed by atoms with E-state index >= 15 is 0 Å². The van der Waals surface area contributed by atoms with E-state index in [4.69, 9.17) is 5.26 Å². The van der Waals surface area contributed by atoms with E-state index in [-0.39, 0.29) is 29.9 Å². The fourth-order valence-corrected chi connectivity index (χ4v) is 6.61. The molecule has 0 bridgehead atoms. The van der Waals surface area contributed by atoms with E-state index in [0.717, 1.165) is 30.6 Å². The molecule has 1 amide bonds. The first-order valence-electron chi connectivity index (χ1n) is 15.0. The van der Waals surface area contributed by atoms with Crippen LogP contribution in [0.4, 0.5) is 24.8 Å². The van der Waals surface area contributed by atoms with Crippen LogP contribution in [0.2, 0.25) is 0 Å². The molecule has 45 heavy (non-hydrogen) atoms. The number of likely N-dealkylation sites (tertiary alicyclic amines) is 1. The van der Waals surface area contributed by atoms with Gasteiger partial charge in [-0.2, -0.15) is 18.4 Å². The zero-order valence-corrected chi connectivity index (χ0v) is 24.7. The first-order valence-corrected chi connectivity index (χ1v) is 15.0. The highest BCUT2D eigenvalue weighted by Gasteiger charge is 2.47. The van der Waals surface area contributed by atoms with Gasteiger partial charge in [-0.25, -0.2) is 4.98 Å². The van der Waals surface area contributed by atoms with Crippen molar-refractivity contribution in [2.75, 3.05) is 29.9 Å². The number of aryl methyl sites for hydroxylation is 1. The molecule has 7 rings (SSSR count). The van der Waals surface area contributed by atoms with Gasteiger partial charge in [0.1, 0.15) is 18.0 Å². The van der Waals surface area contributed by atoms with E-state index in [0.29, 0.717) is 41.3 Å². The van der Waals surface area contributed by atoms with Gasteiger partial charge >= 0.3 is 6.18 Å². The number of benzene rings is 2. The van der Waals surface area contributed by atoms with Crippen LogP contribution in [0.15, 0.2) is 54.9 Å². The number of hydrogen-bond acceptors (Lipinski definition) is 7. The summed E-state index contributed by atoms with van der Waals surface area (Å²) in [6.45, 7) is 2.18. The van der Waals surface area contributed by atoms with Crippen LogP contribution >= 0.6 is 0 Å². The van der Waals surface area contributed by atoms with Gasteiger partial charge in [-0.05, 0) is 77.7 Å². The summed E-state index contributed by atoms with van der Waals surface area (Å²) in [5.74, 6) is 0.715. The Bertz CT molecular complexity index is 1840. The SMILES string of the molecule is Cn1cnnc1-c1ccccc1-c1cc(NCCC#N)nc(N2Cc3c(cc(CN4CCC5(CC5)C4)cc3C(F)(F)F)C2=O)c1. The normalized spacial score (nSPS) is 17.1. The molecule has 1 spiro atoms. The van der Waals surface area contributed by atoms with Crippen molar-refractivity contribution in [3.8, 4) is 28.6 Å². The van der Waals surface area contributed by atoms with Crippen molar-refractivity contribution in [3.05, 3.63) is 77.1 Å². The second-order valence-corrected chi connectivity index (χ2v) is 12.3. The van der Waals surface area contributed by atoms with E-state index < -0.39 is 17.6 Å². The summed E-state index contributed by atoms with van der Waals surface area (Å²) in [7, 11) is 1.83. The van der Waals surface area contributed by atoms with Crippen LogP contribution in [0.3, 0.4) is 0 Å². The second kappa shape index (κ2) is 11.0. The lowest BCUT2D eigenvalue weighted by atomic mass is 9.98. The lowest BCUT2D eigenvalue weighted by Gasteiger charge is -2.19. The molecule has 1 saturated heterocycles. The number of halogens is 3. The van der Waals surface area contributed by atoms with Gasteiger partial charge in [-0.1, -0.05) is 24.3 Å². The fourth-order valence-electron chi connectivity index (χ4n) is 6.61. The maximum absolute atomic E-state index is 14.5. The number of carbonyl (C=O) groups excluding carboxylic acids is 1. The number of nitrogens with one attached hydrogen (secondary N) is 1. The predicted molar refractivity (Wildman–Crippen MR) is 162 cm³/mol. The largest absolute Gasteiger partial charge is 0.416 e. The highest BCUT2D eigenvalue weighted by Crippen LogP contribution is 2.53. The quantitative estimate of drug-likeness (QED) is 0.242. The van der Waals surface area contributed by atoms with Crippen molar-refractivity contribution >= 4 is 17.5 Å².